The van der Waals surface area contributed by atoms with E-state index < -0.39 is 41.8 Å². The first kappa shape index (κ1) is 32.7. The van der Waals surface area contributed by atoms with E-state index in [0.717, 1.165) is 30.4 Å². The number of benzene rings is 1. The first-order chi connectivity index (χ1) is 21.5. The van der Waals surface area contributed by atoms with E-state index in [1.807, 2.05) is 19.1 Å². The molecule has 244 valence electrons. The van der Waals surface area contributed by atoms with E-state index in [0.29, 0.717) is 32.2 Å². The Hall–Kier alpha value is -3.69. The first-order valence-electron chi connectivity index (χ1n) is 16.6. The predicted molar refractivity (Wildman–Crippen MR) is 169 cm³/mol. The number of ether oxygens (including phenoxy) is 1. The predicted octanol–water partition coefficient (Wildman–Crippen LogP) is 3.32. The van der Waals surface area contributed by atoms with E-state index in [1.54, 1.807) is 4.90 Å². The van der Waals surface area contributed by atoms with Crippen molar-refractivity contribution in [3.05, 3.63) is 48.0 Å². The number of likely N-dealkylation sites (tertiary alicyclic amines) is 1. The van der Waals surface area contributed by atoms with Crippen molar-refractivity contribution in [1.29, 1.82) is 0 Å². The highest BCUT2D eigenvalue weighted by Crippen LogP contribution is 2.65. The van der Waals surface area contributed by atoms with Crippen LogP contribution in [-0.2, 0) is 36.8 Å². The molecule has 3 fully saturated rings. The lowest BCUT2D eigenvalue weighted by molar-refractivity contribution is -0.144. The summed E-state index contributed by atoms with van der Waals surface area (Å²) in [5.74, 6) is -2.17. The molecular formula is C35H48N4O6. The molecule has 1 saturated heterocycles. The highest BCUT2D eigenvalue weighted by atomic mass is 16.6. The zero-order chi connectivity index (χ0) is 32.5. The number of hydrogen-bond donors (Lipinski definition) is 3. The van der Waals surface area contributed by atoms with Crippen LogP contribution in [0.3, 0.4) is 0 Å². The number of rotatable bonds is 12. The third-order valence-electron chi connectivity index (χ3n) is 10.7. The second kappa shape index (κ2) is 13.3. The highest BCUT2D eigenvalue weighted by Gasteiger charge is 2.69. The maximum absolute atomic E-state index is 14.5. The third kappa shape index (κ3) is 6.65. The summed E-state index contributed by atoms with van der Waals surface area (Å²) in [6.45, 7) is 12.2. The Labute approximate surface area is 266 Å². The maximum atomic E-state index is 14.5. The minimum absolute atomic E-state index is 0.0962. The van der Waals surface area contributed by atoms with Gasteiger partial charge < -0.3 is 25.6 Å². The molecule has 3 aliphatic carbocycles. The molecule has 1 heterocycles. The lowest BCUT2D eigenvalue weighted by Gasteiger charge is -2.35. The zero-order valence-electron chi connectivity index (χ0n) is 27.0. The standard InChI is InChI=1S/C35H48N4O6/c1-6-11-25(30(40)32(42)36-16-7-2)37-31(41)29-27-24(35(27,4)5)19-39(29)33(43)28(23-17-21-13-8-9-14-22(21)18-23)38-34(44)45-26-15-10-12-20(26)3/h7-9,13-14,20,23-29H,2,6,10-12,15-19H2,1,3-5H3,(H,36,42)(H,37,41)(H,38,44)/t20?,24-,25?,26?,27-,28-,29-/m0/s1. The first-order valence-corrected chi connectivity index (χ1v) is 16.6. The van der Waals surface area contributed by atoms with Crippen molar-refractivity contribution in [3.63, 3.8) is 0 Å². The fraction of sp³-hybridized carbons (Fsp3) is 0.629. The van der Waals surface area contributed by atoms with Crippen LogP contribution in [0.5, 0.6) is 0 Å². The largest absolute Gasteiger partial charge is 0.446 e. The monoisotopic (exact) mass is 620 g/mol. The summed E-state index contributed by atoms with van der Waals surface area (Å²) in [5, 5.41) is 8.27. The van der Waals surface area contributed by atoms with E-state index in [2.05, 4.69) is 55.4 Å². The van der Waals surface area contributed by atoms with Crippen LogP contribution >= 0.6 is 0 Å². The normalized spacial score (nSPS) is 27.5. The quantitative estimate of drug-likeness (QED) is 0.243. The second-order valence-electron chi connectivity index (χ2n) is 14.0. The van der Waals surface area contributed by atoms with E-state index in [1.165, 1.54) is 6.08 Å². The van der Waals surface area contributed by atoms with Crippen LogP contribution in [0, 0.1) is 29.1 Å². The van der Waals surface area contributed by atoms with Crippen molar-refractivity contribution >= 4 is 29.6 Å². The second-order valence-corrected chi connectivity index (χ2v) is 14.0. The molecule has 1 aromatic rings. The van der Waals surface area contributed by atoms with Crippen molar-refractivity contribution < 1.29 is 28.7 Å². The molecule has 7 atom stereocenters. The molecule has 0 bridgehead atoms. The van der Waals surface area contributed by atoms with Gasteiger partial charge in [0.05, 0.1) is 6.04 Å². The van der Waals surface area contributed by atoms with Gasteiger partial charge in [0.2, 0.25) is 17.6 Å². The van der Waals surface area contributed by atoms with Gasteiger partial charge in [-0.2, -0.15) is 0 Å². The molecule has 0 spiro atoms. The number of fused-ring (bicyclic) bond motifs is 2. The number of carbonyl (C=O) groups is 5. The number of alkyl carbamates (subject to hydrolysis) is 1. The van der Waals surface area contributed by atoms with Gasteiger partial charge in [0.25, 0.3) is 5.91 Å². The van der Waals surface area contributed by atoms with Gasteiger partial charge in [0.1, 0.15) is 18.2 Å². The molecule has 1 aliphatic heterocycles. The zero-order valence-corrected chi connectivity index (χ0v) is 27.0. The molecular weight excluding hydrogens is 572 g/mol. The molecule has 0 radical (unpaired) electrons. The summed E-state index contributed by atoms with van der Waals surface area (Å²) in [4.78, 5) is 68.9. The van der Waals surface area contributed by atoms with Gasteiger partial charge in [0, 0.05) is 13.1 Å². The molecule has 45 heavy (non-hydrogen) atoms. The summed E-state index contributed by atoms with van der Waals surface area (Å²) in [5.41, 5.74) is 2.14. The Balaban J connectivity index is 1.37. The number of Topliss-reactive ketones (excluding diaryl/α,β-unsaturated/α-hetero) is 1. The third-order valence-corrected chi connectivity index (χ3v) is 10.7. The molecule has 3 N–H and O–H groups in total. The Morgan fingerprint density at radius 1 is 1.09 bits per heavy atom. The molecule has 5 rings (SSSR count). The van der Waals surface area contributed by atoms with Gasteiger partial charge in [-0.05, 0) is 78.7 Å². The topological polar surface area (TPSA) is 134 Å². The number of nitrogens with one attached hydrogen (secondary N) is 3. The van der Waals surface area contributed by atoms with E-state index in [9.17, 15) is 24.0 Å². The Kier molecular flexibility index (Phi) is 9.70. The van der Waals surface area contributed by atoms with Crippen molar-refractivity contribution in [2.45, 2.75) is 96.9 Å². The highest BCUT2D eigenvalue weighted by molar-refractivity contribution is 6.38. The Morgan fingerprint density at radius 2 is 1.78 bits per heavy atom. The van der Waals surface area contributed by atoms with Crippen molar-refractivity contribution in [3.8, 4) is 0 Å². The fourth-order valence-corrected chi connectivity index (χ4v) is 8.01. The van der Waals surface area contributed by atoms with Crippen LogP contribution in [0.1, 0.15) is 70.9 Å². The molecule has 4 amide bonds. The maximum Gasteiger partial charge on any atom is 0.408 e. The average Bonchev–Trinajstić information content (AvgIpc) is 3.52. The minimum Gasteiger partial charge on any atom is -0.446 e. The van der Waals surface area contributed by atoms with Crippen LogP contribution in [0.15, 0.2) is 36.9 Å². The average molecular weight is 621 g/mol. The number of piperidine rings is 1. The number of carbonyl (C=O) groups excluding carboxylic acids is 5. The van der Waals surface area contributed by atoms with Gasteiger partial charge in [-0.25, -0.2) is 4.79 Å². The van der Waals surface area contributed by atoms with Gasteiger partial charge in [0.15, 0.2) is 0 Å². The summed E-state index contributed by atoms with van der Waals surface area (Å²) in [6, 6.07) is 5.35. The van der Waals surface area contributed by atoms with E-state index in [4.69, 9.17) is 4.74 Å². The molecule has 3 unspecified atom stereocenters. The van der Waals surface area contributed by atoms with Crippen molar-refractivity contribution in [2.24, 2.45) is 29.1 Å². The molecule has 10 heteroatoms. The lowest BCUT2D eigenvalue weighted by Crippen LogP contribution is -2.59. The van der Waals surface area contributed by atoms with Gasteiger partial charge in [-0.15, -0.1) is 6.58 Å². The molecule has 10 nitrogen and oxygen atoms in total. The molecule has 4 aliphatic rings. The number of ketones is 1. The van der Waals surface area contributed by atoms with Crippen LogP contribution in [0.25, 0.3) is 0 Å². The Bertz CT molecular complexity index is 1320. The summed E-state index contributed by atoms with van der Waals surface area (Å²) >= 11 is 0. The smallest absolute Gasteiger partial charge is 0.408 e. The Morgan fingerprint density at radius 3 is 2.38 bits per heavy atom. The SMILES string of the molecule is C=CCNC(=O)C(=O)C(CCC)NC(=O)[C@@H]1[C@@H]2[C@H](CN1C(=O)[C@@H](NC(=O)OC1CCCC1C)C1Cc3ccccc3C1)C2(C)C. The van der Waals surface area contributed by atoms with Gasteiger partial charge >= 0.3 is 6.09 Å². The van der Waals surface area contributed by atoms with Crippen LogP contribution in [0.4, 0.5) is 4.79 Å². The van der Waals surface area contributed by atoms with Gasteiger partial charge in [-0.3, -0.25) is 19.2 Å². The molecule has 0 aromatic heterocycles. The van der Waals surface area contributed by atoms with Crippen LogP contribution < -0.4 is 16.0 Å². The fourth-order valence-electron chi connectivity index (χ4n) is 8.01. The number of amides is 4. The lowest BCUT2D eigenvalue weighted by atomic mass is 9.93. The van der Waals surface area contributed by atoms with Crippen LogP contribution in [0.2, 0.25) is 0 Å². The van der Waals surface area contributed by atoms with E-state index >= 15 is 0 Å². The molecule has 2 saturated carbocycles. The number of nitrogens with zero attached hydrogens (tertiary/aromatic N) is 1. The minimum atomic E-state index is -1.01. The summed E-state index contributed by atoms with van der Waals surface area (Å²) < 4.78 is 5.82. The number of hydrogen-bond acceptors (Lipinski definition) is 6. The summed E-state index contributed by atoms with van der Waals surface area (Å²) in [7, 11) is 0. The van der Waals surface area contributed by atoms with E-state index in [-0.39, 0.29) is 47.6 Å². The molecule has 1 aromatic carbocycles. The van der Waals surface area contributed by atoms with Crippen molar-refractivity contribution in [1.82, 2.24) is 20.9 Å². The van der Waals surface area contributed by atoms with Crippen LogP contribution in [-0.4, -0.2) is 71.8 Å². The summed E-state index contributed by atoms with van der Waals surface area (Å²) in [6.07, 6.45) is 5.62. The van der Waals surface area contributed by atoms with Crippen molar-refractivity contribution in [2.75, 3.05) is 13.1 Å². The van der Waals surface area contributed by atoms with Gasteiger partial charge in [-0.1, -0.05) is 64.5 Å².